The van der Waals surface area contributed by atoms with E-state index in [1.54, 1.807) is 18.2 Å². The van der Waals surface area contributed by atoms with Crippen LogP contribution in [0.15, 0.2) is 18.2 Å². The van der Waals surface area contributed by atoms with E-state index >= 15 is 0 Å². The number of ketones is 1. The molecule has 1 aliphatic rings. The minimum atomic E-state index is 0.0998. The monoisotopic (exact) mass is 286 g/mol. The number of rotatable bonds is 4. The Morgan fingerprint density at radius 3 is 2.78 bits per heavy atom. The summed E-state index contributed by atoms with van der Waals surface area (Å²) in [5.74, 6) is 0.0998. The van der Waals surface area contributed by atoms with Crippen molar-refractivity contribution in [2.24, 2.45) is 0 Å². The van der Waals surface area contributed by atoms with Crippen molar-refractivity contribution < 1.29 is 9.53 Å². The van der Waals surface area contributed by atoms with Crippen molar-refractivity contribution in [3.8, 4) is 0 Å². The number of hydrogen-bond donors (Lipinski definition) is 0. The lowest BCUT2D eigenvalue weighted by atomic mass is 10.0. The van der Waals surface area contributed by atoms with Crippen LogP contribution in [0.4, 0.5) is 0 Å². The van der Waals surface area contributed by atoms with Gasteiger partial charge in [-0.25, -0.2) is 0 Å². The number of ether oxygens (including phenoxy) is 1. The summed E-state index contributed by atoms with van der Waals surface area (Å²) < 4.78 is 5.61. The normalized spacial score (nSPS) is 19.8. The molecule has 2 nitrogen and oxygen atoms in total. The average Bonchev–Trinajstić information content (AvgIpc) is 2.40. The second kappa shape index (κ2) is 6.55. The fraction of sp³-hybridized carbons (Fsp3) is 0.500. The SMILES string of the molecule is O=C(CCC1CCCCO1)c1ccc(Cl)c(Cl)c1. The molecule has 0 N–H and O–H groups in total. The van der Waals surface area contributed by atoms with Gasteiger partial charge in [-0.05, 0) is 43.9 Å². The van der Waals surface area contributed by atoms with Gasteiger partial charge in [-0.15, -0.1) is 0 Å². The quantitative estimate of drug-likeness (QED) is 0.761. The van der Waals surface area contributed by atoms with Crippen LogP contribution in [0.1, 0.15) is 42.5 Å². The molecule has 1 saturated heterocycles. The maximum Gasteiger partial charge on any atom is 0.163 e. The van der Waals surface area contributed by atoms with Gasteiger partial charge in [0.2, 0.25) is 0 Å². The third kappa shape index (κ3) is 3.71. The van der Waals surface area contributed by atoms with E-state index in [-0.39, 0.29) is 11.9 Å². The molecule has 2 rings (SSSR count). The van der Waals surface area contributed by atoms with E-state index in [1.807, 2.05) is 0 Å². The summed E-state index contributed by atoms with van der Waals surface area (Å²) in [4.78, 5) is 12.0. The van der Waals surface area contributed by atoms with E-state index in [2.05, 4.69) is 0 Å². The first-order valence-electron chi connectivity index (χ1n) is 6.26. The van der Waals surface area contributed by atoms with Crippen LogP contribution in [-0.4, -0.2) is 18.5 Å². The Labute approximate surface area is 117 Å². The summed E-state index contributed by atoms with van der Waals surface area (Å²) in [6, 6.07) is 5.01. The Morgan fingerprint density at radius 1 is 1.28 bits per heavy atom. The Hall–Kier alpha value is -0.570. The van der Waals surface area contributed by atoms with Gasteiger partial charge < -0.3 is 4.74 Å². The topological polar surface area (TPSA) is 26.3 Å². The van der Waals surface area contributed by atoms with Gasteiger partial charge in [-0.2, -0.15) is 0 Å². The summed E-state index contributed by atoms with van der Waals surface area (Å²) in [5.41, 5.74) is 0.625. The van der Waals surface area contributed by atoms with Gasteiger partial charge >= 0.3 is 0 Å². The van der Waals surface area contributed by atoms with Crippen LogP contribution in [0.5, 0.6) is 0 Å². The molecule has 1 aromatic rings. The van der Waals surface area contributed by atoms with Crippen LogP contribution in [0, 0.1) is 0 Å². The Balaban J connectivity index is 1.88. The average molecular weight is 287 g/mol. The highest BCUT2D eigenvalue weighted by Gasteiger charge is 2.16. The van der Waals surface area contributed by atoms with Crippen molar-refractivity contribution in [2.75, 3.05) is 6.61 Å². The second-order valence-corrected chi connectivity index (χ2v) is 5.39. The first kappa shape index (κ1) is 13.9. The first-order valence-corrected chi connectivity index (χ1v) is 7.02. The van der Waals surface area contributed by atoms with E-state index in [0.29, 0.717) is 22.0 Å². The molecule has 1 fully saturated rings. The fourth-order valence-electron chi connectivity index (χ4n) is 2.14. The molecule has 98 valence electrons. The maximum atomic E-state index is 12.0. The molecule has 0 aliphatic carbocycles. The van der Waals surface area contributed by atoms with Crippen LogP contribution in [0.2, 0.25) is 10.0 Å². The van der Waals surface area contributed by atoms with E-state index in [4.69, 9.17) is 27.9 Å². The van der Waals surface area contributed by atoms with Gasteiger partial charge in [-0.1, -0.05) is 23.2 Å². The molecule has 18 heavy (non-hydrogen) atoms. The Kier molecular flexibility index (Phi) is 5.04. The van der Waals surface area contributed by atoms with Crippen LogP contribution in [0.25, 0.3) is 0 Å². The number of hydrogen-bond acceptors (Lipinski definition) is 2. The molecule has 0 spiro atoms. The molecular formula is C14H16Cl2O2. The lowest BCUT2D eigenvalue weighted by molar-refractivity contribution is 0.0104. The molecule has 1 atom stereocenters. The predicted octanol–water partition coefficient (Wildman–Crippen LogP) is 4.53. The van der Waals surface area contributed by atoms with E-state index in [1.165, 1.54) is 6.42 Å². The van der Waals surface area contributed by atoms with E-state index in [0.717, 1.165) is 25.9 Å². The fourth-order valence-corrected chi connectivity index (χ4v) is 2.44. The van der Waals surface area contributed by atoms with Gasteiger partial charge in [0.25, 0.3) is 0 Å². The number of benzene rings is 1. The molecule has 1 aliphatic heterocycles. The molecule has 4 heteroatoms. The zero-order valence-corrected chi connectivity index (χ0v) is 11.6. The molecule has 1 aromatic carbocycles. The third-order valence-corrected chi connectivity index (χ3v) is 3.95. The van der Waals surface area contributed by atoms with E-state index < -0.39 is 0 Å². The van der Waals surface area contributed by atoms with Gasteiger partial charge in [0.1, 0.15) is 0 Å². The lowest BCUT2D eigenvalue weighted by Gasteiger charge is -2.22. The highest BCUT2D eigenvalue weighted by Crippen LogP contribution is 2.24. The van der Waals surface area contributed by atoms with Gasteiger partial charge in [-0.3, -0.25) is 4.79 Å². The Bertz CT molecular complexity index is 426. The number of halogens is 2. The van der Waals surface area contributed by atoms with Gasteiger partial charge in [0.15, 0.2) is 5.78 Å². The van der Waals surface area contributed by atoms with Crippen molar-refractivity contribution in [2.45, 2.75) is 38.2 Å². The van der Waals surface area contributed by atoms with Crippen LogP contribution in [-0.2, 0) is 4.74 Å². The maximum absolute atomic E-state index is 12.0. The summed E-state index contributed by atoms with van der Waals surface area (Å²) in [5, 5.41) is 0.903. The van der Waals surface area contributed by atoms with Crippen LogP contribution >= 0.6 is 23.2 Å². The van der Waals surface area contributed by atoms with Crippen LogP contribution < -0.4 is 0 Å². The van der Waals surface area contributed by atoms with E-state index in [9.17, 15) is 4.79 Å². The second-order valence-electron chi connectivity index (χ2n) is 4.58. The lowest BCUT2D eigenvalue weighted by Crippen LogP contribution is -2.20. The standard InChI is InChI=1S/C14H16Cl2O2/c15-12-6-4-10(9-13(12)16)14(17)7-5-11-3-1-2-8-18-11/h4,6,9,11H,1-3,5,7-8H2. The summed E-state index contributed by atoms with van der Waals surface area (Å²) in [6.07, 6.45) is 4.93. The molecule has 0 bridgehead atoms. The highest BCUT2D eigenvalue weighted by molar-refractivity contribution is 6.42. The molecule has 1 unspecified atom stereocenters. The van der Waals surface area contributed by atoms with Gasteiger partial charge in [0, 0.05) is 18.6 Å². The third-order valence-electron chi connectivity index (χ3n) is 3.21. The summed E-state index contributed by atoms with van der Waals surface area (Å²) in [6.45, 7) is 0.825. The summed E-state index contributed by atoms with van der Waals surface area (Å²) in [7, 11) is 0. The molecule has 1 heterocycles. The van der Waals surface area contributed by atoms with Crippen molar-refractivity contribution in [3.05, 3.63) is 33.8 Å². The summed E-state index contributed by atoms with van der Waals surface area (Å²) >= 11 is 11.7. The molecule has 0 radical (unpaired) electrons. The molecule has 0 aromatic heterocycles. The molecular weight excluding hydrogens is 271 g/mol. The first-order chi connectivity index (χ1) is 8.66. The van der Waals surface area contributed by atoms with Crippen molar-refractivity contribution in [1.29, 1.82) is 0 Å². The van der Waals surface area contributed by atoms with Crippen molar-refractivity contribution in [3.63, 3.8) is 0 Å². The zero-order chi connectivity index (χ0) is 13.0. The Morgan fingerprint density at radius 2 is 2.11 bits per heavy atom. The number of carbonyl (C=O) groups excluding carboxylic acids is 1. The number of carbonyl (C=O) groups is 1. The minimum absolute atomic E-state index is 0.0998. The highest BCUT2D eigenvalue weighted by atomic mass is 35.5. The zero-order valence-electron chi connectivity index (χ0n) is 10.1. The van der Waals surface area contributed by atoms with Crippen molar-refractivity contribution in [1.82, 2.24) is 0 Å². The molecule has 0 saturated carbocycles. The largest absolute Gasteiger partial charge is 0.378 e. The minimum Gasteiger partial charge on any atom is -0.378 e. The van der Waals surface area contributed by atoms with Crippen LogP contribution in [0.3, 0.4) is 0 Å². The van der Waals surface area contributed by atoms with Crippen molar-refractivity contribution >= 4 is 29.0 Å². The molecule has 0 amide bonds. The van der Waals surface area contributed by atoms with Gasteiger partial charge in [0.05, 0.1) is 16.1 Å². The predicted molar refractivity (Wildman–Crippen MR) is 73.6 cm³/mol. The number of Topliss-reactive ketones (excluding diaryl/α,β-unsaturated/α-hetero) is 1. The smallest absolute Gasteiger partial charge is 0.163 e.